The highest BCUT2D eigenvalue weighted by atomic mass is 35.5. The Bertz CT molecular complexity index is 1290. The van der Waals surface area contributed by atoms with E-state index in [1.165, 1.54) is 16.7 Å². The number of halogens is 2. The largest absolute Gasteiger partial charge is 0.324 e. The van der Waals surface area contributed by atoms with Crippen molar-refractivity contribution in [3.63, 3.8) is 0 Å². The quantitative estimate of drug-likeness (QED) is 0.595. The van der Waals surface area contributed by atoms with E-state index in [1.54, 1.807) is 32.2 Å². The molecule has 0 saturated carbocycles. The lowest BCUT2D eigenvalue weighted by Crippen LogP contribution is -2.47. The number of hydrogen-bond donors (Lipinski definition) is 1. The Hall–Kier alpha value is -2.43. The first-order valence-corrected chi connectivity index (χ1v) is 11.9. The Labute approximate surface area is 181 Å². The number of aromatic nitrogens is 1. The summed E-state index contributed by atoms with van der Waals surface area (Å²) < 4.78 is 41.6. The van der Waals surface area contributed by atoms with Crippen molar-refractivity contribution in [3.05, 3.63) is 56.9 Å². The number of sulfonamides is 1. The van der Waals surface area contributed by atoms with E-state index in [9.17, 15) is 22.4 Å². The van der Waals surface area contributed by atoms with E-state index in [4.69, 9.17) is 11.6 Å². The number of carbonyl (C=O) groups is 1. The van der Waals surface area contributed by atoms with Gasteiger partial charge in [0, 0.05) is 12.7 Å². The standard InChI is InChI=1S/C19H19ClFN3O4S2/c1-4-15(24(30(3,27)28)12-6-7-14(21)13(20)10-12)18(25)22-11-5-8-16-17(9-11)29-19(26)23(16)2/h5-10,15H,4H2,1-3H3,(H,22,25). The van der Waals surface area contributed by atoms with Crippen molar-refractivity contribution in [1.29, 1.82) is 0 Å². The number of nitrogens with one attached hydrogen (secondary N) is 1. The van der Waals surface area contributed by atoms with Gasteiger partial charge in [0.2, 0.25) is 15.9 Å². The molecule has 0 bridgehead atoms. The summed E-state index contributed by atoms with van der Waals surface area (Å²) in [7, 11) is -2.23. The number of amides is 1. The van der Waals surface area contributed by atoms with E-state index in [2.05, 4.69) is 5.32 Å². The molecule has 0 aliphatic rings. The van der Waals surface area contributed by atoms with Crippen molar-refractivity contribution in [3.8, 4) is 0 Å². The molecule has 1 N–H and O–H groups in total. The zero-order valence-electron chi connectivity index (χ0n) is 16.3. The highest BCUT2D eigenvalue weighted by Crippen LogP contribution is 2.28. The van der Waals surface area contributed by atoms with Crippen LogP contribution in [0, 0.1) is 5.82 Å². The molecular formula is C19H19ClFN3O4S2. The van der Waals surface area contributed by atoms with Crippen LogP contribution in [0.5, 0.6) is 0 Å². The summed E-state index contributed by atoms with van der Waals surface area (Å²) in [6, 6.07) is 7.38. The molecule has 1 aromatic heterocycles. The van der Waals surface area contributed by atoms with Gasteiger partial charge in [-0.2, -0.15) is 0 Å². The van der Waals surface area contributed by atoms with Crippen molar-refractivity contribution in [2.75, 3.05) is 15.9 Å². The second-order valence-corrected chi connectivity index (χ2v) is 9.94. The third-order valence-corrected chi connectivity index (χ3v) is 7.01. The van der Waals surface area contributed by atoms with Crippen LogP contribution in [-0.4, -0.2) is 31.2 Å². The number of carbonyl (C=O) groups excluding carboxylic acids is 1. The summed E-state index contributed by atoms with van der Waals surface area (Å²) >= 11 is 6.86. The fourth-order valence-electron chi connectivity index (χ4n) is 3.12. The summed E-state index contributed by atoms with van der Waals surface area (Å²) in [5.74, 6) is -1.26. The zero-order valence-corrected chi connectivity index (χ0v) is 18.7. The first kappa shape index (κ1) is 22.3. The van der Waals surface area contributed by atoms with Gasteiger partial charge in [0.05, 0.1) is 27.2 Å². The van der Waals surface area contributed by atoms with Crippen molar-refractivity contribution in [2.24, 2.45) is 7.05 Å². The average Bonchev–Trinajstić information content (AvgIpc) is 2.94. The van der Waals surface area contributed by atoms with Gasteiger partial charge in [-0.1, -0.05) is 29.9 Å². The van der Waals surface area contributed by atoms with Crippen LogP contribution in [0.25, 0.3) is 10.2 Å². The number of rotatable bonds is 6. The monoisotopic (exact) mass is 471 g/mol. The van der Waals surface area contributed by atoms with Crippen LogP contribution in [0.1, 0.15) is 13.3 Å². The summed E-state index contributed by atoms with van der Waals surface area (Å²) in [5, 5.41) is 2.46. The van der Waals surface area contributed by atoms with E-state index >= 15 is 0 Å². The van der Waals surface area contributed by atoms with Gasteiger partial charge in [-0.15, -0.1) is 0 Å². The van der Waals surface area contributed by atoms with Crippen LogP contribution in [0.3, 0.4) is 0 Å². The minimum atomic E-state index is -3.88. The van der Waals surface area contributed by atoms with Crippen molar-refractivity contribution in [2.45, 2.75) is 19.4 Å². The number of hydrogen-bond acceptors (Lipinski definition) is 5. The third-order valence-electron chi connectivity index (χ3n) is 4.55. The maximum atomic E-state index is 13.5. The van der Waals surface area contributed by atoms with E-state index in [0.717, 1.165) is 33.5 Å². The minimum absolute atomic E-state index is 0.0858. The maximum Gasteiger partial charge on any atom is 0.307 e. The highest BCUT2D eigenvalue weighted by molar-refractivity contribution is 7.92. The lowest BCUT2D eigenvalue weighted by Gasteiger charge is -2.30. The molecule has 160 valence electrons. The van der Waals surface area contributed by atoms with Gasteiger partial charge in [-0.3, -0.25) is 13.9 Å². The Morgan fingerprint density at radius 3 is 2.60 bits per heavy atom. The van der Waals surface area contributed by atoms with Gasteiger partial charge in [0.25, 0.3) is 0 Å². The van der Waals surface area contributed by atoms with Crippen molar-refractivity contribution >= 4 is 60.5 Å². The number of nitrogens with zero attached hydrogens (tertiary/aromatic N) is 2. The van der Waals surface area contributed by atoms with Gasteiger partial charge in [-0.05, 0) is 42.8 Å². The summed E-state index contributed by atoms with van der Waals surface area (Å²) in [6.07, 6.45) is 1.13. The molecule has 0 fully saturated rings. The molecule has 0 spiro atoms. The molecule has 11 heteroatoms. The lowest BCUT2D eigenvalue weighted by molar-refractivity contribution is -0.117. The van der Waals surface area contributed by atoms with Crippen LogP contribution in [0.2, 0.25) is 5.02 Å². The van der Waals surface area contributed by atoms with Gasteiger partial charge in [-0.25, -0.2) is 12.8 Å². The molecule has 7 nitrogen and oxygen atoms in total. The van der Waals surface area contributed by atoms with Gasteiger partial charge >= 0.3 is 4.87 Å². The maximum absolute atomic E-state index is 13.5. The number of fused-ring (bicyclic) bond motifs is 1. The van der Waals surface area contributed by atoms with E-state index in [0.29, 0.717) is 10.4 Å². The van der Waals surface area contributed by atoms with Gasteiger partial charge in [0.1, 0.15) is 11.9 Å². The Kier molecular flexibility index (Phi) is 6.21. The molecule has 0 radical (unpaired) electrons. The second-order valence-electron chi connectivity index (χ2n) is 6.68. The van der Waals surface area contributed by atoms with E-state index < -0.39 is 27.8 Å². The number of benzene rings is 2. The zero-order chi connectivity index (χ0) is 22.2. The van der Waals surface area contributed by atoms with E-state index in [1.807, 2.05) is 0 Å². The molecule has 3 rings (SSSR count). The summed E-state index contributed by atoms with van der Waals surface area (Å²) in [5.41, 5.74) is 1.25. The molecule has 1 unspecified atom stereocenters. The molecule has 2 aromatic carbocycles. The number of anilines is 2. The van der Waals surface area contributed by atoms with Crippen LogP contribution >= 0.6 is 22.9 Å². The predicted molar refractivity (Wildman–Crippen MR) is 119 cm³/mol. The Morgan fingerprint density at radius 1 is 1.30 bits per heavy atom. The number of aryl methyl sites for hydroxylation is 1. The molecule has 3 aromatic rings. The Balaban J connectivity index is 1.96. The normalized spacial score (nSPS) is 12.7. The van der Waals surface area contributed by atoms with Crippen molar-refractivity contribution < 1.29 is 17.6 Å². The van der Waals surface area contributed by atoms with Crippen LogP contribution in [0.15, 0.2) is 41.2 Å². The molecule has 1 atom stereocenters. The van der Waals surface area contributed by atoms with Crippen LogP contribution in [0.4, 0.5) is 15.8 Å². The van der Waals surface area contributed by atoms with Gasteiger partial charge < -0.3 is 9.88 Å². The molecule has 30 heavy (non-hydrogen) atoms. The fraction of sp³-hybridized carbons (Fsp3) is 0.263. The van der Waals surface area contributed by atoms with E-state index in [-0.39, 0.29) is 22.0 Å². The smallest absolute Gasteiger partial charge is 0.307 e. The first-order valence-electron chi connectivity index (χ1n) is 8.87. The molecule has 1 amide bonds. The van der Waals surface area contributed by atoms with Crippen LogP contribution in [-0.2, 0) is 21.9 Å². The third kappa shape index (κ3) is 4.35. The molecule has 0 aliphatic heterocycles. The molecule has 0 aliphatic carbocycles. The van der Waals surface area contributed by atoms with Gasteiger partial charge in [0.15, 0.2) is 0 Å². The second kappa shape index (κ2) is 8.37. The molecule has 1 heterocycles. The SMILES string of the molecule is CCC(C(=O)Nc1ccc2c(c1)sc(=O)n2C)N(c1ccc(F)c(Cl)c1)S(C)(=O)=O. The predicted octanol–water partition coefficient (Wildman–Crippen LogP) is 3.58. The fourth-order valence-corrected chi connectivity index (χ4v) is 5.42. The lowest BCUT2D eigenvalue weighted by atomic mass is 10.1. The topological polar surface area (TPSA) is 88.5 Å². The summed E-state index contributed by atoms with van der Waals surface area (Å²) in [4.78, 5) is 24.7. The summed E-state index contributed by atoms with van der Waals surface area (Å²) in [6.45, 7) is 1.67. The average molecular weight is 472 g/mol. The minimum Gasteiger partial charge on any atom is -0.324 e. The Morgan fingerprint density at radius 2 is 2.00 bits per heavy atom. The molecular weight excluding hydrogens is 453 g/mol. The molecule has 0 saturated heterocycles. The number of thiazole rings is 1. The van der Waals surface area contributed by atoms with Crippen molar-refractivity contribution in [1.82, 2.24) is 4.57 Å². The van der Waals surface area contributed by atoms with Crippen LogP contribution < -0.4 is 14.5 Å². The first-order chi connectivity index (χ1) is 14.0. The highest BCUT2D eigenvalue weighted by Gasteiger charge is 2.32.